The third-order valence-corrected chi connectivity index (χ3v) is 6.33. The number of para-hydroxylation sites is 1. The Bertz CT molecular complexity index is 1130. The SMILES string of the molecule is COc1ccccc1CC(=O)OCC(=O)Nc1cccc(S(=O)(=O)NC2=NCCCCC2)c1. The molecule has 2 aromatic rings. The highest BCUT2D eigenvalue weighted by Crippen LogP contribution is 2.19. The number of esters is 1. The summed E-state index contributed by atoms with van der Waals surface area (Å²) in [5, 5.41) is 2.55. The van der Waals surface area contributed by atoms with Gasteiger partial charge in [0.1, 0.15) is 11.6 Å². The first kappa shape index (κ1) is 24.2. The van der Waals surface area contributed by atoms with Gasteiger partial charge in [0.15, 0.2) is 6.61 Å². The molecule has 0 aromatic heterocycles. The first-order chi connectivity index (χ1) is 15.9. The highest BCUT2D eigenvalue weighted by Gasteiger charge is 2.18. The molecule has 1 heterocycles. The molecule has 9 nitrogen and oxygen atoms in total. The Kier molecular flexibility index (Phi) is 8.42. The number of carbonyl (C=O) groups excluding carboxylic acids is 2. The Labute approximate surface area is 193 Å². The van der Waals surface area contributed by atoms with Crippen LogP contribution in [0.2, 0.25) is 0 Å². The minimum atomic E-state index is -3.83. The molecule has 0 aliphatic carbocycles. The number of hydrogen-bond acceptors (Lipinski definition) is 7. The van der Waals surface area contributed by atoms with Crippen LogP contribution in [0.1, 0.15) is 31.2 Å². The summed E-state index contributed by atoms with van der Waals surface area (Å²) in [7, 11) is -2.33. The number of aliphatic imine (C=N–C) groups is 1. The third-order valence-electron chi connectivity index (χ3n) is 4.95. The number of carbonyl (C=O) groups is 2. The van der Waals surface area contributed by atoms with E-state index in [9.17, 15) is 18.0 Å². The fraction of sp³-hybridized carbons (Fsp3) is 0.348. The van der Waals surface area contributed by atoms with Crippen molar-refractivity contribution in [1.29, 1.82) is 0 Å². The molecule has 0 bridgehead atoms. The summed E-state index contributed by atoms with van der Waals surface area (Å²) in [6, 6.07) is 12.9. The zero-order chi connectivity index (χ0) is 23.7. The monoisotopic (exact) mass is 473 g/mol. The molecule has 0 radical (unpaired) electrons. The van der Waals surface area contributed by atoms with Crippen molar-refractivity contribution in [3.63, 3.8) is 0 Å². The minimum absolute atomic E-state index is 0.000384. The van der Waals surface area contributed by atoms with Crippen LogP contribution in [0.4, 0.5) is 5.69 Å². The topological polar surface area (TPSA) is 123 Å². The maximum Gasteiger partial charge on any atom is 0.310 e. The molecule has 3 rings (SSSR count). The third kappa shape index (κ3) is 7.31. The number of methoxy groups -OCH3 is 1. The van der Waals surface area contributed by atoms with Crippen LogP contribution in [0.5, 0.6) is 5.75 Å². The molecule has 1 aliphatic rings. The Hall–Kier alpha value is -3.40. The van der Waals surface area contributed by atoms with Crippen molar-refractivity contribution in [2.45, 2.75) is 37.0 Å². The van der Waals surface area contributed by atoms with E-state index < -0.39 is 28.5 Å². The zero-order valence-electron chi connectivity index (χ0n) is 18.4. The molecular formula is C23H27N3O6S. The van der Waals surface area contributed by atoms with Crippen molar-refractivity contribution in [3.05, 3.63) is 54.1 Å². The predicted octanol–water partition coefficient (Wildman–Crippen LogP) is 2.67. The van der Waals surface area contributed by atoms with Gasteiger partial charge in [-0.2, -0.15) is 0 Å². The normalized spacial score (nSPS) is 13.9. The summed E-state index contributed by atoms with van der Waals surface area (Å²) >= 11 is 0. The molecule has 176 valence electrons. The lowest BCUT2D eigenvalue weighted by molar-refractivity contribution is -0.146. The molecular weight excluding hydrogens is 446 g/mol. The predicted molar refractivity (Wildman–Crippen MR) is 124 cm³/mol. The van der Waals surface area contributed by atoms with Crippen molar-refractivity contribution >= 4 is 33.4 Å². The van der Waals surface area contributed by atoms with Crippen LogP contribution in [-0.2, 0) is 30.8 Å². The van der Waals surface area contributed by atoms with Crippen LogP contribution in [0.25, 0.3) is 0 Å². The van der Waals surface area contributed by atoms with E-state index in [4.69, 9.17) is 9.47 Å². The summed E-state index contributed by atoms with van der Waals surface area (Å²) in [6.45, 7) is 0.101. The van der Waals surface area contributed by atoms with Crippen LogP contribution in [0.3, 0.4) is 0 Å². The molecule has 2 N–H and O–H groups in total. The fourth-order valence-electron chi connectivity index (χ4n) is 3.31. The highest BCUT2D eigenvalue weighted by molar-refractivity contribution is 7.90. The Morgan fingerprint density at radius 3 is 2.70 bits per heavy atom. The maximum atomic E-state index is 12.7. The zero-order valence-corrected chi connectivity index (χ0v) is 19.2. The van der Waals surface area contributed by atoms with Gasteiger partial charge >= 0.3 is 5.97 Å². The summed E-state index contributed by atoms with van der Waals surface area (Å²) < 4.78 is 38.2. The van der Waals surface area contributed by atoms with Crippen LogP contribution in [0.15, 0.2) is 58.4 Å². The van der Waals surface area contributed by atoms with Crippen LogP contribution in [-0.4, -0.2) is 46.4 Å². The van der Waals surface area contributed by atoms with E-state index in [0.29, 0.717) is 30.1 Å². The average molecular weight is 474 g/mol. The van der Waals surface area contributed by atoms with Gasteiger partial charge in [-0.3, -0.25) is 19.3 Å². The Morgan fingerprint density at radius 1 is 1.06 bits per heavy atom. The van der Waals surface area contributed by atoms with Crippen molar-refractivity contribution < 1.29 is 27.5 Å². The number of sulfonamides is 1. The van der Waals surface area contributed by atoms with Gasteiger partial charge in [-0.1, -0.05) is 30.7 Å². The van der Waals surface area contributed by atoms with Crippen molar-refractivity contribution in [2.75, 3.05) is 25.6 Å². The van der Waals surface area contributed by atoms with Gasteiger partial charge in [-0.15, -0.1) is 0 Å². The molecule has 0 atom stereocenters. The minimum Gasteiger partial charge on any atom is -0.496 e. The summed E-state index contributed by atoms with van der Waals surface area (Å²) in [5.41, 5.74) is 0.917. The van der Waals surface area contributed by atoms with Crippen molar-refractivity contribution in [2.24, 2.45) is 4.99 Å². The average Bonchev–Trinajstić information content (AvgIpc) is 3.06. The maximum absolute atomic E-state index is 12.7. The second-order valence-electron chi connectivity index (χ2n) is 7.47. The molecule has 0 saturated heterocycles. The number of nitrogens with one attached hydrogen (secondary N) is 2. The number of nitrogens with zero attached hydrogens (tertiary/aromatic N) is 1. The van der Waals surface area contributed by atoms with E-state index in [1.807, 2.05) is 0 Å². The van der Waals surface area contributed by atoms with Crippen molar-refractivity contribution in [3.8, 4) is 5.75 Å². The van der Waals surface area contributed by atoms with Gasteiger partial charge in [0.05, 0.1) is 18.4 Å². The fourth-order valence-corrected chi connectivity index (χ4v) is 4.45. The molecule has 0 spiro atoms. The number of rotatable bonds is 8. The number of benzene rings is 2. The molecule has 0 saturated carbocycles. The molecule has 0 fully saturated rings. The van der Waals surface area contributed by atoms with E-state index in [2.05, 4.69) is 15.0 Å². The number of hydrogen-bond donors (Lipinski definition) is 2. The molecule has 0 unspecified atom stereocenters. The number of anilines is 1. The van der Waals surface area contributed by atoms with E-state index >= 15 is 0 Å². The lowest BCUT2D eigenvalue weighted by Crippen LogP contribution is -2.30. The second-order valence-corrected chi connectivity index (χ2v) is 9.15. The largest absolute Gasteiger partial charge is 0.496 e. The quantitative estimate of drug-likeness (QED) is 0.568. The first-order valence-corrected chi connectivity index (χ1v) is 12.1. The van der Waals surface area contributed by atoms with Gasteiger partial charge in [0, 0.05) is 24.2 Å². The summed E-state index contributed by atoms with van der Waals surface area (Å²) in [4.78, 5) is 28.6. The van der Waals surface area contributed by atoms with Gasteiger partial charge in [0.25, 0.3) is 15.9 Å². The molecule has 1 amide bonds. The molecule has 33 heavy (non-hydrogen) atoms. The van der Waals surface area contributed by atoms with Gasteiger partial charge < -0.3 is 14.8 Å². The van der Waals surface area contributed by atoms with Crippen LogP contribution < -0.4 is 14.8 Å². The van der Waals surface area contributed by atoms with Gasteiger partial charge in [-0.05, 0) is 37.1 Å². The van der Waals surface area contributed by atoms with Crippen molar-refractivity contribution in [1.82, 2.24) is 4.72 Å². The summed E-state index contributed by atoms with van der Waals surface area (Å²) in [6.07, 6.45) is 3.37. The van der Waals surface area contributed by atoms with E-state index in [-0.39, 0.29) is 17.0 Å². The number of ether oxygens (including phenoxy) is 2. The number of amides is 1. The molecule has 10 heteroatoms. The lowest BCUT2D eigenvalue weighted by Gasteiger charge is -2.12. The molecule has 1 aliphatic heterocycles. The molecule has 2 aromatic carbocycles. The van der Waals surface area contributed by atoms with Crippen LogP contribution in [0, 0.1) is 0 Å². The standard InChI is InChI=1S/C23H27N3O6S/c1-31-20-11-5-4-8-17(20)14-23(28)32-16-22(27)25-18-9-7-10-19(15-18)33(29,30)26-21-12-3-2-6-13-24-21/h4-5,7-11,15H,2-3,6,12-14,16H2,1H3,(H,24,26)(H,25,27). The summed E-state index contributed by atoms with van der Waals surface area (Å²) in [5.74, 6) is -0.164. The Balaban J connectivity index is 1.55. The van der Waals surface area contributed by atoms with Crippen LogP contribution >= 0.6 is 0 Å². The van der Waals surface area contributed by atoms with E-state index in [1.165, 1.54) is 25.3 Å². The highest BCUT2D eigenvalue weighted by atomic mass is 32.2. The smallest absolute Gasteiger partial charge is 0.310 e. The second kappa shape index (κ2) is 11.5. The van der Waals surface area contributed by atoms with Gasteiger partial charge in [0.2, 0.25) is 0 Å². The number of amidine groups is 1. The lowest BCUT2D eigenvalue weighted by atomic mass is 10.1. The first-order valence-electron chi connectivity index (χ1n) is 10.6. The van der Waals surface area contributed by atoms with E-state index in [1.54, 1.807) is 30.3 Å². The van der Waals surface area contributed by atoms with E-state index in [0.717, 1.165) is 19.3 Å². The van der Waals surface area contributed by atoms with Gasteiger partial charge in [-0.25, -0.2) is 8.42 Å². The Morgan fingerprint density at radius 2 is 1.88 bits per heavy atom.